The fraction of sp³-hybridized carbons (Fsp3) is 0.474. The third-order valence-electron chi connectivity index (χ3n) is 4.62. The van der Waals surface area contributed by atoms with E-state index in [4.69, 9.17) is 10.5 Å². The summed E-state index contributed by atoms with van der Waals surface area (Å²) in [4.78, 5) is 0. The first-order chi connectivity index (χ1) is 9.84. The number of ether oxygens (including phenoxy) is 1. The molecule has 0 bridgehead atoms. The van der Waals surface area contributed by atoms with E-state index in [9.17, 15) is 0 Å². The van der Waals surface area contributed by atoms with Crippen LogP contribution in [0.15, 0.2) is 36.4 Å². The van der Waals surface area contributed by atoms with Gasteiger partial charge in [0.25, 0.3) is 0 Å². The molecule has 2 atom stereocenters. The van der Waals surface area contributed by atoms with Crippen molar-refractivity contribution in [3.63, 3.8) is 0 Å². The Bertz CT molecular complexity index is 612. The molecule has 2 nitrogen and oxygen atoms in total. The highest BCUT2D eigenvalue weighted by Crippen LogP contribution is 2.36. The average Bonchev–Trinajstić information content (AvgIpc) is 2.44. The third-order valence-corrected chi connectivity index (χ3v) is 4.62. The highest BCUT2D eigenvalue weighted by atomic mass is 16.5. The van der Waals surface area contributed by atoms with Crippen LogP contribution in [0.1, 0.15) is 45.7 Å². The molecule has 2 heteroatoms. The zero-order valence-electron chi connectivity index (χ0n) is 13.8. The van der Waals surface area contributed by atoms with Crippen molar-refractivity contribution in [3.8, 4) is 5.75 Å². The molecule has 21 heavy (non-hydrogen) atoms. The van der Waals surface area contributed by atoms with E-state index in [-0.39, 0.29) is 11.5 Å². The van der Waals surface area contributed by atoms with Gasteiger partial charge in [0.2, 0.25) is 0 Å². The van der Waals surface area contributed by atoms with Crippen molar-refractivity contribution in [2.75, 3.05) is 7.11 Å². The van der Waals surface area contributed by atoms with Gasteiger partial charge in [0.1, 0.15) is 5.75 Å². The Kier molecular flexibility index (Phi) is 4.58. The summed E-state index contributed by atoms with van der Waals surface area (Å²) in [5.74, 6) is 1.47. The molecule has 0 aliphatic heterocycles. The van der Waals surface area contributed by atoms with Gasteiger partial charge in [-0.25, -0.2) is 0 Å². The second-order valence-corrected chi connectivity index (χ2v) is 7.01. The van der Waals surface area contributed by atoms with Crippen LogP contribution in [0.2, 0.25) is 0 Å². The first-order valence-corrected chi connectivity index (χ1v) is 7.65. The molecule has 0 aliphatic rings. The maximum Gasteiger partial charge on any atom is 0.126 e. The Labute approximate surface area is 128 Å². The van der Waals surface area contributed by atoms with Crippen molar-refractivity contribution >= 4 is 10.8 Å². The average molecular weight is 285 g/mol. The molecule has 2 unspecified atom stereocenters. The monoisotopic (exact) mass is 285 g/mol. The zero-order valence-corrected chi connectivity index (χ0v) is 13.8. The van der Waals surface area contributed by atoms with Crippen LogP contribution < -0.4 is 10.5 Å². The lowest BCUT2D eigenvalue weighted by Gasteiger charge is -2.30. The van der Waals surface area contributed by atoms with E-state index in [0.29, 0.717) is 5.92 Å². The van der Waals surface area contributed by atoms with Crippen LogP contribution >= 0.6 is 0 Å². The van der Waals surface area contributed by atoms with Crippen molar-refractivity contribution in [1.82, 2.24) is 0 Å². The van der Waals surface area contributed by atoms with E-state index in [1.165, 1.54) is 10.9 Å². The van der Waals surface area contributed by atoms with Crippen molar-refractivity contribution < 1.29 is 4.74 Å². The minimum atomic E-state index is 0.0510. The second-order valence-electron chi connectivity index (χ2n) is 7.01. The summed E-state index contributed by atoms with van der Waals surface area (Å²) in [6.45, 7) is 9.11. The molecule has 0 heterocycles. The normalized spacial score (nSPS) is 15.0. The lowest BCUT2D eigenvalue weighted by atomic mass is 9.77. The number of benzene rings is 2. The van der Waals surface area contributed by atoms with Crippen molar-refractivity contribution in [2.45, 2.75) is 40.2 Å². The van der Waals surface area contributed by atoms with Crippen LogP contribution in [0.25, 0.3) is 10.8 Å². The van der Waals surface area contributed by atoms with Crippen LogP contribution in [-0.4, -0.2) is 7.11 Å². The molecule has 0 spiro atoms. The van der Waals surface area contributed by atoms with E-state index in [2.05, 4.69) is 52.0 Å². The van der Waals surface area contributed by atoms with Crippen molar-refractivity contribution in [3.05, 3.63) is 42.0 Å². The first-order valence-electron chi connectivity index (χ1n) is 7.65. The van der Waals surface area contributed by atoms with Gasteiger partial charge in [0.15, 0.2) is 0 Å². The summed E-state index contributed by atoms with van der Waals surface area (Å²) in [7, 11) is 1.71. The number of rotatable bonds is 4. The van der Waals surface area contributed by atoms with Crippen LogP contribution in [-0.2, 0) is 0 Å². The minimum absolute atomic E-state index is 0.0510. The number of hydrogen-bond acceptors (Lipinski definition) is 2. The molecule has 2 rings (SSSR count). The standard InChI is InChI=1S/C19H27NO/c1-13(19(2,3)4)12-17(20)15-10-11-18(21-5)16-9-7-6-8-14(15)16/h6-11,13,17H,12,20H2,1-5H3. The Morgan fingerprint density at radius 2 is 1.67 bits per heavy atom. The fourth-order valence-corrected chi connectivity index (χ4v) is 2.66. The summed E-state index contributed by atoms with van der Waals surface area (Å²) in [6.07, 6.45) is 0.986. The maximum absolute atomic E-state index is 6.51. The molecule has 2 aromatic carbocycles. The Balaban J connectivity index is 2.38. The summed E-state index contributed by atoms with van der Waals surface area (Å²) in [5, 5.41) is 2.34. The number of fused-ring (bicyclic) bond motifs is 1. The number of nitrogens with two attached hydrogens (primary N) is 1. The predicted molar refractivity (Wildman–Crippen MR) is 90.7 cm³/mol. The summed E-state index contributed by atoms with van der Waals surface area (Å²) >= 11 is 0. The predicted octanol–water partition coefficient (Wildman–Crippen LogP) is 4.92. The smallest absolute Gasteiger partial charge is 0.126 e. The van der Waals surface area contributed by atoms with Gasteiger partial charge in [0, 0.05) is 11.4 Å². The molecule has 0 radical (unpaired) electrons. The molecular weight excluding hydrogens is 258 g/mol. The van der Waals surface area contributed by atoms with Crippen LogP contribution in [0.3, 0.4) is 0 Å². The van der Waals surface area contributed by atoms with Crippen LogP contribution in [0.5, 0.6) is 5.75 Å². The number of methoxy groups -OCH3 is 1. The molecule has 0 saturated heterocycles. The van der Waals surface area contributed by atoms with Gasteiger partial charge in [-0.3, -0.25) is 0 Å². The molecule has 0 fully saturated rings. The molecule has 0 aliphatic carbocycles. The molecule has 0 aromatic heterocycles. The van der Waals surface area contributed by atoms with Crippen molar-refractivity contribution in [2.24, 2.45) is 17.1 Å². The molecule has 0 saturated carbocycles. The fourth-order valence-electron chi connectivity index (χ4n) is 2.66. The van der Waals surface area contributed by atoms with Gasteiger partial charge in [-0.2, -0.15) is 0 Å². The van der Waals surface area contributed by atoms with E-state index in [0.717, 1.165) is 17.6 Å². The highest BCUT2D eigenvalue weighted by Gasteiger charge is 2.23. The van der Waals surface area contributed by atoms with Crippen molar-refractivity contribution in [1.29, 1.82) is 0 Å². The van der Waals surface area contributed by atoms with E-state index >= 15 is 0 Å². The van der Waals surface area contributed by atoms with E-state index in [1.54, 1.807) is 7.11 Å². The van der Waals surface area contributed by atoms with Gasteiger partial charge < -0.3 is 10.5 Å². The van der Waals surface area contributed by atoms with Gasteiger partial charge in [-0.05, 0) is 34.8 Å². The maximum atomic E-state index is 6.51. The van der Waals surface area contributed by atoms with E-state index in [1.807, 2.05) is 12.1 Å². The van der Waals surface area contributed by atoms with Crippen LogP contribution in [0, 0.1) is 11.3 Å². The largest absolute Gasteiger partial charge is 0.496 e. The Morgan fingerprint density at radius 1 is 1.05 bits per heavy atom. The van der Waals surface area contributed by atoms with Gasteiger partial charge >= 0.3 is 0 Å². The van der Waals surface area contributed by atoms with Gasteiger partial charge in [-0.15, -0.1) is 0 Å². The highest BCUT2D eigenvalue weighted by molar-refractivity contribution is 5.91. The molecule has 114 valence electrons. The van der Waals surface area contributed by atoms with Gasteiger partial charge in [-0.1, -0.05) is 58.0 Å². The third kappa shape index (κ3) is 3.38. The first kappa shape index (κ1) is 15.8. The van der Waals surface area contributed by atoms with Crippen LogP contribution in [0.4, 0.5) is 0 Å². The van der Waals surface area contributed by atoms with E-state index < -0.39 is 0 Å². The topological polar surface area (TPSA) is 35.2 Å². The summed E-state index contributed by atoms with van der Waals surface area (Å²) in [5.41, 5.74) is 8.00. The lowest BCUT2D eigenvalue weighted by molar-refractivity contribution is 0.234. The zero-order chi connectivity index (χ0) is 15.6. The second kappa shape index (κ2) is 6.07. The van der Waals surface area contributed by atoms with Gasteiger partial charge in [0.05, 0.1) is 7.11 Å². The lowest BCUT2D eigenvalue weighted by Crippen LogP contribution is -2.23. The summed E-state index contributed by atoms with van der Waals surface area (Å²) in [6, 6.07) is 12.5. The minimum Gasteiger partial charge on any atom is -0.496 e. The summed E-state index contributed by atoms with van der Waals surface area (Å²) < 4.78 is 5.46. The Hall–Kier alpha value is -1.54. The quantitative estimate of drug-likeness (QED) is 0.865. The SMILES string of the molecule is COc1ccc(C(N)CC(C)C(C)(C)C)c2ccccc12. The Morgan fingerprint density at radius 3 is 2.24 bits per heavy atom. The molecule has 0 amide bonds. The molecular formula is C19H27NO. The molecule has 2 N–H and O–H groups in total. The number of hydrogen-bond donors (Lipinski definition) is 1. The molecule has 2 aromatic rings.